The Morgan fingerprint density at radius 2 is 1.12 bits per heavy atom. The Morgan fingerprint density at radius 1 is 0.476 bits per heavy atom. The zero-order valence-electron chi connectivity index (χ0n) is 22.3. The van der Waals surface area contributed by atoms with Crippen molar-refractivity contribution in [1.82, 2.24) is 4.98 Å². The van der Waals surface area contributed by atoms with Crippen LogP contribution in [0, 0.1) is 0 Å². The van der Waals surface area contributed by atoms with Crippen LogP contribution in [0.1, 0.15) is 0 Å². The van der Waals surface area contributed by atoms with Gasteiger partial charge in [-0.25, -0.2) is 4.98 Å². The van der Waals surface area contributed by atoms with E-state index in [1.807, 2.05) is 84.9 Å². The summed E-state index contributed by atoms with van der Waals surface area (Å²) in [7, 11) is 0. The van der Waals surface area contributed by atoms with E-state index in [4.69, 9.17) is 18.2 Å². The van der Waals surface area contributed by atoms with Gasteiger partial charge in [0.25, 0.3) is 0 Å². The average Bonchev–Trinajstić information content (AvgIpc) is 3.75. The highest BCUT2D eigenvalue weighted by Crippen LogP contribution is 2.48. The molecule has 0 radical (unpaired) electrons. The van der Waals surface area contributed by atoms with E-state index in [0.29, 0.717) is 11.5 Å². The van der Waals surface area contributed by atoms with E-state index in [1.165, 1.54) is 0 Å². The lowest BCUT2D eigenvalue weighted by molar-refractivity contribution is 0.620. The molecule has 0 spiro atoms. The molecule has 0 bridgehead atoms. The number of aromatic nitrogens is 1. The van der Waals surface area contributed by atoms with Gasteiger partial charge >= 0.3 is 0 Å². The number of hydrogen-bond acceptors (Lipinski definition) is 5. The number of rotatable bonds is 4. The van der Waals surface area contributed by atoms with Crippen molar-refractivity contribution in [3.05, 3.63) is 133 Å². The molecule has 0 unspecified atom stereocenters. The second-order valence-electron chi connectivity index (χ2n) is 10.4. The maximum atomic E-state index is 6.67. The summed E-state index contributed by atoms with van der Waals surface area (Å²) in [6, 6.07) is 44.9. The van der Waals surface area contributed by atoms with Gasteiger partial charge < -0.3 is 18.2 Å². The molecule has 0 aliphatic carbocycles. The second kappa shape index (κ2) is 8.85. The third-order valence-electron chi connectivity index (χ3n) is 7.87. The number of hydrogen-bond donors (Lipinski definition) is 0. The van der Waals surface area contributed by atoms with Gasteiger partial charge in [-0.1, -0.05) is 72.8 Å². The molecule has 0 atom stereocenters. The number of fused-ring (bicyclic) bond motifs is 7. The van der Waals surface area contributed by atoms with Gasteiger partial charge in [0.15, 0.2) is 5.58 Å². The number of para-hydroxylation sites is 3. The van der Waals surface area contributed by atoms with E-state index < -0.39 is 0 Å². The molecule has 5 nitrogen and oxygen atoms in total. The Bertz CT molecular complexity index is 2420. The van der Waals surface area contributed by atoms with Crippen molar-refractivity contribution in [2.24, 2.45) is 0 Å². The molecule has 3 aromatic heterocycles. The van der Waals surface area contributed by atoms with Crippen LogP contribution >= 0.6 is 0 Å². The molecule has 198 valence electrons. The molecule has 3 heterocycles. The molecule has 0 fully saturated rings. The van der Waals surface area contributed by atoms with Crippen LogP contribution in [0.15, 0.2) is 147 Å². The largest absolute Gasteiger partial charge is 0.456 e. The number of anilines is 3. The summed E-state index contributed by atoms with van der Waals surface area (Å²) in [6.07, 6.45) is 0. The average molecular weight is 543 g/mol. The van der Waals surface area contributed by atoms with Crippen molar-refractivity contribution in [1.29, 1.82) is 0 Å². The predicted molar refractivity (Wildman–Crippen MR) is 169 cm³/mol. The summed E-state index contributed by atoms with van der Waals surface area (Å²) in [4.78, 5) is 7.19. The minimum Gasteiger partial charge on any atom is -0.456 e. The van der Waals surface area contributed by atoms with Gasteiger partial charge in [0.1, 0.15) is 33.5 Å². The maximum absolute atomic E-state index is 6.67. The van der Waals surface area contributed by atoms with Crippen molar-refractivity contribution in [2.75, 3.05) is 4.90 Å². The van der Waals surface area contributed by atoms with Crippen LogP contribution in [0.2, 0.25) is 0 Å². The Hall–Kier alpha value is -5.81. The molecule has 9 aromatic rings. The fourth-order valence-electron chi connectivity index (χ4n) is 6.00. The molecular weight excluding hydrogens is 520 g/mol. The molecule has 0 saturated heterocycles. The van der Waals surface area contributed by atoms with Crippen molar-refractivity contribution in [3.8, 4) is 11.5 Å². The topological polar surface area (TPSA) is 55.6 Å². The van der Waals surface area contributed by atoms with Crippen LogP contribution in [0.25, 0.3) is 66.4 Å². The van der Waals surface area contributed by atoms with Crippen LogP contribution in [0.3, 0.4) is 0 Å². The molecule has 0 aliphatic heterocycles. The number of benzene rings is 6. The molecule has 0 aliphatic rings. The van der Waals surface area contributed by atoms with E-state index in [1.54, 1.807) is 0 Å². The quantitative estimate of drug-likeness (QED) is 0.221. The van der Waals surface area contributed by atoms with Gasteiger partial charge in [-0.3, -0.25) is 0 Å². The fraction of sp³-hybridized carbons (Fsp3) is 0. The van der Waals surface area contributed by atoms with Crippen molar-refractivity contribution in [2.45, 2.75) is 0 Å². The Morgan fingerprint density at radius 3 is 1.93 bits per heavy atom. The predicted octanol–water partition coefficient (Wildman–Crippen LogP) is 10.8. The highest BCUT2D eigenvalue weighted by atomic mass is 16.4. The van der Waals surface area contributed by atoms with Gasteiger partial charge in [-0.05, 0) is 54.6 Å². The lowest BCUT2D eigenvalue weighted by Gasteiger charge is -2.26. The Kier molecular flexibility index (Phi) is 4.83. The van der Waals surface area contributed by atoms with Crippen molar-refractivity contribution >= 4 is 72.0 Å². The van der Waals surface area contributed by atoms with Crippen LogP contribution in [0.4, 0.5) is 17.1 Å². The zero-order chi connectivity index (χ0) is 27.6. The highest BCUT2D eigenvalue weighted by Gasteiger charge is 2.26. The van der Waals surface area contributed by atoms with Gasteiger partial charge in [-0.2, -0.15) is 0 Å². The first-order valence-electron chi connectivity index (χ1n) is 13.9. The van der Waals surface area contributed by atoms with Crippen LogP contribution in [0.5, 0.6) is 0 Å². The summed E-state index contributed by atoms with van der Waals surface area (Å²) >= 11 is 0. The molecule has 5 heteroatoms. The summed E-state index contributed by atoms with van der Waals surface area (Å²) in [5.74, 6) is 0.563. The number of nitrogens with zero attached hydrogens (tertiary/aromatic N) is 2. The van der Waals surface area contributed by atoms with Gasteiger partial charge in [-0.15, -0.1) is 0 Å². The summed E-state index contributed by atoms with van der Waals surface area (Å²) in [6.45, 7) is 0. The van der Waals surface area contributed by atoms with E-state index >= 15 is 0 Å². The summed E-state index contributed by atoms with van der Waals surface area (Å²) in [5, 5.41) is 4.10. The molecule has 42 heavy (non-hydrogen) atoms. The normalized spacial score (nSPS) is 11.8. The van der Waals surface area contributed by atoms with Crippen molar-refractivity contribution in [3.63, 3.8) is 0 Å². The minimum atomic E-state index is 0.563. The van der Waals surface area contributed by atoms with E-state index in [9.17, 15) is 0 Å². The fourth-order valence-corrected chi connectivity index (χ4v) is 6.00. The van der Waals surface area contributed by atoms with Crippen LogP contribution in [-0.2, 0) is 0 Å². The van der Waals surface area contributed by atoms with E-state index in [-0.39, 0.29) is 0 Å². The second-order valence-corrected chi connectivity index (χ2v) is 10.4. The summed E-state index contributed by atoms with van der Waals surface area (Å²) in [5.41, 5.74) is 8.44. The standard InChI is InChI=1S/C37H22N2O3/c1-3-11-23(12-4-1)37-38-29-22-33-34(27-16-8-10-18-31(27)41-33)35(36(29)42-37)39(24-13-5-2-6-14-24)25-19-20-32-28(21-25)26-15-7-9-17-30(26)40-32/h1-22H. The minimum absolute atomic E-state index is 0.563. The molecule has 0 saturated carbocycles. The molecule has 0 amide bonds. The maximum Gasteiger partial charge on any atom is 0.227 e. The smallest absolute Gasteiger partial charge is 0.227 e. The SMILES string of the molecule is c1ccc(-c2nc3cc4oc5ccccc5c4c(N(c4ccccc4)c4ccc5oc6ccccc6c5c4)c3o2)cc1. The lowest BCUT2D eigenvalue weighted by atomic mass is 10.1. The molecule has 0 N–H and O–H groups in total. The molecule has 9 rings (SSSR count). The zero-order valence-corrected chi connectivity index (χ0v) is 22.3. The first-order chi connectivity index (χ1) is 20.8. The third-order valence-corrected chi connectivity index (χ3v) is 7.87. The highest BCUT2D eigenvalue weighted by molar-refractivity contribution is 6.20. The number of furan rings is 2. The van der Waals surface area contributed by atoms with Crippen LogP contribution < -0.4 is 4.90 Å². The molecular formula is C37H22N2O3. The third kappa shape index (κ3) is 3.40. The lowest BCUT2D eigenvalue weighted by Crippen LogP contribution is -2.10. The van der Waals surface area contributed by atoms with E-state index in [0.717, 1.165) is 72.0 Å². The molecule has 6 aromatic carbocycles. The monoisotopic (exact) mass is 542 g/mol. The first-order valence-corrected chi connectivity index (χ1v) is 13.9. The van der Waals surface area contributed by atoms with Gasteiger partial charge in [0, 0.05) is 39.2 Å². The Balaban J connectivity index is 1.42. The summed E-state index contributed by atoms with van der Waals surface area (Å²) < 4.78 is 19.3. The van der Waals surface area contributed by atoms with E-state index in [2.05, 4.69) is 53.4 Å². The first kappa shape index (κ1) is 22.9. The van der Waals surface area contributed by atoms with Crippen LogP contribution in [-0.4, -0.2) is 4.98 Å². The van der Waals surface area contributed by atoms with Gasteiger partial charge in [0.05, 0.1) is 5.39 Å². The number of oxazole rings is 1. The van der Waals surface area contributed by atoms with Gasteiger partial charge in [0.2, 0.25) is 5.89 Å². The Labute approximate surface area is 239 Å². The van der Waals surface area contributed by atoms with Crippen molar-refractivity contribution < 1.29 is 13.3 Å².